The molecule has 0 aliphatic heterocycles. The molecular formula is C15H21ClN4O. The molecule has 0 atom stereocenters. The molecule has 0 aliphatic rings. The molecule has 2 aromatic rings. The van der Waals surface area contributed by atoms with Crippen LogP contribution in [0.15, 0.2) is 24.3 Å². The van der Waals surface area contributed by atoms with Crippen LogP contribution < -0.4 is 11.1 Å². The molecule has 5 nitrogen and oxygen atoms in total. The van der Waals surface area contributed by atoms with Gasteiger partial charge in [-0.05, 0) is 44.0 Å². The fourth-order valence-corrected chi connectivity index (χ4v) is 2.26. The van der Waals surface area contributed by atoms with Crippen LogP contribution in [0.5, 0.6) is 0 Å². The van der Waals surface area contributed by atoms with Crippen molar-refractivity contribution in [3.05, 3.63) is 46.8 Å². The zero-order chi connectivity index (χ0) is 14.7. The number of carbonyl (C=O) groups excluding carboxylic acids is 1. The van der Waals surface area contributed by atoms with Gasteiger partial charge in [-0.25, -0.2) is 0 Å². The van der Waals surface area contributed by atoms with Crippen LogP contribution in [-0.4, -0.2) is 22.2 Å². The number of anilines is 1. The fraction of sp³-hybridized carbons (Fsp3) is 0.333. The first-order valence-electron chi connectivity index (χ1n) is 6.62. The SMILES string of the molecule is Cc1nn(C)c(C)c1CCNC(=O)c1cccc(N)c1.Cl. The molecule has 0 spiro atoms. The highest BCUT2D eigenvalue weighted by Gasteiger charge is 2.10. The maximum Gasteiger partial charge on any atom is 0.251 e. The number of rotatable bonds is 4. The van der Waals surface area contributed by atoms with Gasteiger partial charge in [0, 0.05) is 30.5 Å². The molecular weight excluding hydrogens is 288 g/mol. The molecule has 21 heavy (non-hydrogen) atoms. The third kappa shape index (κ3) is 3.98. The summed E-state index contributed by atoms with van der Waals surface area (Å²) in [7, 11) is 1.93. The molecule has 1 aromatic heterocycles. The topological polar surface area (TPSA) is 72.9 Å². The Morgan fingerprint density at radius 2 is 2.10 bits per heavy atom. The number of carbonyl (C=O) groups is 1. The molecule has 1 amide bonds. The molecule has 0 fully saturated rings. The van der Waals surface area contributed by atoms with Crippen LogP contribution in [0.2, 0.25) is 0 Å². The van der Waals surface area contributed by atoms with Crippen LogP contribution in [-0.2, 0) is 13.5 Å². The van der Waals surface area contributed by atoms with Gasteiger partial charge in [0.15, 0.2) is 0 Å². The van der Waals surface area contributed by atoms with Gasteiger partial charge in [-0.2, -0.15) is 5.10 Å². The van der Waals surface area contributed by atoms with Crippen LogP contribution in [0.1, 0.15) is 27.3 Å². The van der Waals surface area contributed by atoms with Gasteiger partial charge in [0.25, 0.3) is 5.91 Å². The van der Waals surface area contributed by atoms with Gasteiger partial charge in [0.1, 0.15) is 0 Å². The molecule has 1 heterocycles. The first kappa shape index (κ1) is 17.0. The molecule has 0 bridgehead atoms. The van der Waals surface area contributed by atoms with Gasteiger partial charge >= 0.3 is 0 Å². The van der Waals surface area contributed by atoms with Crippen molar-refractivity contribution in [1.82, 2.24) is 15.1 Å². The van der Waals surface area contributed by atoms with Gasteiger partial charge in [0.05, 0.1) is 5.69 Å². The summed E-state index contributed by atoms with van der Waals surface area (Å²) >= 11 is 0. The molecule has 6 heteroatoms. The van der Waals surface area contributed by atoms with Crippen molar-refractivity contribution in [3.63, 3.8) is 0 Å². The lowest BCUT2D eigenvalue weighted by Crippen LogP contribution is -2.26. The molecule has 3 N–H and O–H groups in total. The first-order valence-corrected chi connectivity index (χ1v) is 6.62. The lowest BCUT2D eigenvalue weighted by atomic mass is 10.1. The van der Waals surface area contributed by atoms with Gasteiger partial charge < -0.3 is 11.1 Å². The summed E-state index contributed by atoms with van der Waals surface area (Å²) in [5.41, 5.74) is 10.2. The number of nitrogen functional groups attached to an aromatic ring is 1. The Balaban J connectivity index is 0.00000220. The predicted molar refractivity (Wildman–Crippen MR) is 86.8 cm³/mol. The van der Waals surface area contributed by atoms with Crippen molar-refractivity contribution < 1.29 is 4.79 Å². The normalized spacial score (nSPS) is 10.0. The molecule has 1 aromatic carbocycles. The van der Waals surface area contributed by atoms with Crippen LogP contribution in [0.25, 0.3) is 0 Å². The van der Waals surface area contributed by atoms with Gasteiger partial charge in [-0.3, -0.25) is 9.48 Å². The second kappa shape index (κ2) is 7.13. The van der Waals surface area contributed by atoms with Crippen LogP contribution >= 0.6 is 12.4 Å². The average Bonchev–Trinajstić information content (AvgIpc) is 2.65. The Bertz CT molecular complexity index is 637. The number of aromatic nitrogens is 2. The Labute approximate surface area is 130 Å². The highest BCUT2D eigenvalue weighted by molar-refractivity contribution is 5.94. The van der Waals surface area contributed by atoms with E-state index in [1.165, 1.54) is 5.56 Å². The minimum atomic E-state index is -0.100. The summed E-state index contributed by atoms with van der Waals surface area (Å²) in [4.78, 5) is 12.0. The summed E-state index contributed by atoms with van der Waals surface area (Å²) in [5, 5.41) is 7.27. The first-order chi connectivity index (χ1) is 9.49. The Morgan fingerprint density at radius 1 is 1.38 bits per heavy atom. The van der Waals surface area contributed by atoms with E-state index in [2.05, 4.69) is 10.4 Å². The van der Waals surface area contributed by atoms with Crippen LogP contribution in [0, 0.1) is 13.8 Å². The number of benzene rings is 1. The van der Waals surface area contributed by atoms with Crippen molar-refractivity contribution in [2.24, 2.45) is 7.05 Å². The summed E-state index contributed by atoms with van der Waals surface area (Å²) < 4.78 is 1.87. The quantitative estimate of drug-likeness (QED) is 0.849. The fourth-order valence-electron chi connectivity index (χ4n) is 2.26. The maximum absolute atomic E-state index is 12.0. The summed E-state index contributed by atoms with van der Waals surface area (Å²) in [5.74, 6) is -0.100. The maximum atomic E-state index is 12.0. The third-order valence-corrected chi connectivity index (χ3v) is 3.47. The lowest BCUT2D eigenvalue weighted by molar-refractivity contribution is 0.0954. The molecule has 0 saturated carbocycles. The van der Waals surface area contributed by atoms with E-state index in [0.29, 0.717) is 17.8 Å². The number of nitrogens with two attached hydrogens (primary N) is 1. The van der Waals surface area contributed by atoms with Gasteiger partial charge in [-0.1, -0.05) is 6.07 Å². The van der Waals surface area contributed by atoms with Crippen LogP contribution in [0.3, 0.4) is 0 Å². The smallest absolute Gasteiger partial charge is 0.251 e. The minimum absolute atomic E-state index is 0. The molecule has 2 rings (SSSR count). The van der Waals surface area contributed by atoms with Crippen LogP contribution in [0.4, 0.5) is 5.69 Å². The molecule has 0 unspecified atom stereocenters. The summed E-state index contributed by atoms with van der Waals surface area (Å²) in [6, 6.07) is 6.97. The van der Waals surface area contributed by atoms with Crippen molar-refractivity contribution >= 4 is 24.0 Å². The molecule has 0 radical (unpaired) electrons. The van der Waals surface area contributed by atoms with Gasteiger partial charge in [0.2, 0.25) is 0 Å². The van der Waals surface area contributed by atoms with Gasteiger partial charge in [-0.15, -0.1) is 12.4 Å². The van der Waals surface area contributed by atoms with Crippen molar-refractivity contribution in [3.8, 4) is 0 Å². The van der Waals surface area contributed by atoms with E-state index in [0.717, 1.165) is 17.8 Å². The van der Waals surface area contributed by atoms with Crippen molar-refractivity contribution in [2.45, 2.75) is 20.3 Å². The Morgan fingerprint density at radius 3 is 2.67 bits per heavy atom. The van der Waals surface area contributed by atoms with E-state index in [1.807, 2.05) is 25.6 Å². The van der Waals surface area contributed by atoms with E-state index in [-0.39, 0.29) is 18.3 Å². The van der Waals surface area contributed by atoms with Crippen molar-refractivity contribution in [1.29, 1.82) is 0 Å². The number of nitrogens with zero attached hydrogens (tertiary/aromatic N) is 2. The number of amides is 1. The average molecular weight is 309 g/mol. The van der Waals surface area contributed by atoms with E-state index in [1.54, 1.807) is 24.3 Å². The standard InChI is InChI=1S/C15H20N4O.ClH/c1-10-14(11(2)19(3)18-10)7-8-17-15(20)12-5-4-6-13(16)9-12;/h4-6,9H,7-8,16H2,1-3H3,(H,17,20);1H. The molecule has 114 valence electrons. The van der Waals surface area contributed by atoms with E-state index in [4.69, 9.17) is 5.73 Å². The predicted octanol–water partition coefficient (Wildman–Crippen LogP) is 2.01. The number of aryl methyl sites for hydroxylation is 2. The largest absolute Gasteiger partial charge is 0.399 e. The number of hydrogen-bond acceptors (Lipinski definition) is 3. The Hall–Kier alpha value is -2.01. The number of nitrogens with one attached hydrogen (secondary N) is 1. The highest BCUT2D eigenvalue weighted by atomic mass is 35.5. The number of hydrogen-bond donors (Lipinski definition) is 2. The van der Waals surface area contributed by atoms with E-state index < -0.39 is 0 Å². The second-order valence-electron chi connectivity index (χ2n) is 4.90. The van der Waals surface area contributed by atoms with Crippen molar-refractivity contribution in [2.75, 3.05) is 12.3 Å². The zero-order valence-corrected chi connectivity index (χ0v) is 13.3. The summed E-state index contributed by atoms with van der Waals surface area (Å²) in [6.07, 6.45) is 0.777. The van der Waals surface area contributed by atoms with E-state index >= 15 is 0 Å². The molecule has 0 aliphatic carbocycles. The van der Waals surface area contributed by atoms with E-state index in [9.17, 15) is 4.79 Å². The summed E-state index contributed by atoms with van der Waals surface area (Å²) in [6.45, 7) is 4.61. The second-order valence-corrected chi connectivity index (χ2v) is 4.90. The zero-order valence-electron chi connectivity index (χ0n) is 12.5. The molecule has 0 saturated heterocycles. The monoisotopic (exact) mass is 308 g/mol. The minimum Gasteiger partial charge on any atom is -0.399 e. The third-order valence-electron chi connectivity index (χ3n) is 3.47. The highest BCUT2D eigenvalue weighted by Crippen LogP contribution is 2.12. The lowest BCUT2D eigenvalue weighted by Gasteiger charge is -2.06. The number of halogens is 1. The Kier molecular flexibility index (Phi) is 5.79.